The molecule has 5 rings (SSSR count). The summed E-state index contributed by atoms with van der Waals surface area (Å²) >= 11 is 0. The molecule has 0 N–H and O–H groups in total. The summed E-state index contributed by atoms with van der Waals surface area (Å²) in [5, 5.41) is 9.04. The number of imidazole rings is 1. The molecule has 1 aliphatic heterocycles. The molecule has 0 unspecified atom stereocenters. The van der Waals surface area contributed by atoms with Gasteiger partial charge in [0.1, 0.15) is 18.9 Å². The van der Waals surface area contributed by atoms with Gasteiger partial charge in [0, 0.05) is 24.0 Å². The van der Waals surface area contributed by atoms with Crippen LogP contribution in [0, 0.1) is 11.3 Å². The molecule has 0 radical (unpaired) electrons. The van der Waals surface area contributed by atoms with E-state index < -0.39 is 0 Å². The molecule has 3 heterocycles. The number of nitriles is 1. The number of ether oxygens (including phenoxy) is 2. The SMILES string of the molecule is N#Cc1ccc(-c2cn(-c3ccc4c(c3)OCCO4)c(-c3ccccn3)n2)cc1. The molecular weight excluding hydrogens is 364 g/mol. The van der Waals surface area contributed by atoms with Crippen LogP contribution in [0.2, 0.25) is 0 Å². The first-order valence-corrected chi connectivity index (χ1v) is 9.23. The number of rotatable bonds is 3. The molecule has 0 fully saturated rings. The first kappa shape index (κ1) is 17.0. The van der Waals surface area contributed by atoms with Crippen LogP contribution >= 0.6 is 0 Å². The molecule has 0 saturated carbocycles. The van der Waals surface area contributed by atoms with Crippen LogP contribution in [0.1, 0.15) is 5.56 Å². The molecule has 0 aliphatic carbocycles. The van der Waals surface area contributed by atoms with E-state index in [1.807, 2.05) is 59.3 Å². The summed E-state index contributed by atoms with van der Waals surface area (Å²) in [6.45, 7) is 1.09. The third-order valence-corrected chi connectivity index (χ3v) is 4.71. The lowest BCUT2D eigenvalue weighted by atomic mass is 10.1. The van der Waals surface area contributed by atoms with Crippen molar-refractivity contribution in [3.8, 4) is 46.0 Å². The minimum atomic E-state index is 0.532. The average Bonchev–Trinajstić information content (AvgIpc) is 3.25. The van der Waals surface area contributed by atoms with Gasteiger partial charge in [0.25, 0.3) is 0 Å². The standard InChI is InChI=1S/C23H16N4O2/c24-14-16-4-6-17(7-5-16)20-15-27(23(26-20)19-3-1-2-10-25-19)18-8-9-21-22(13-18)29-12-11-28-21/h1-10,13,15H,11-12H2. The molecule has 4 aromatic rings. The number of aromatic nitrogens is 3. The third-order valence-electron chi connectivity index (χ3n) is 4.71. The van der Waals surface area contributed by atoms with Crippen molar-refractivity contribution in [1.29, 1.82) is 5.26 Å². The van der Waals surface area contributed by atoms with Gasteiger partial charge in [-0.2, -0.15) is 5.26 Å². The maximum absolute atomic E-state index is 9.04. The van der Waals surface area contributed by atoms with Crippen molar-refractivity contribution >= 4 is 0 Å². The summed E-state index contributed by atoms with van der Waals surface area (Å²) < 4.78 is 13.4. The Labute approximate surface area is 167 Å². The molecular formula is C23H16N4O2. The zero-order valence-electron chi connectivity index (χ0n) is 15.4. The van der Waals surface area contributed by atoms with E-state index in [1.54, 1.807) is 18.3 Å². The van der Waals surface area contributed by atoms with Gasteiger partial charge in [0.2, 0.25) is 0 Å². The van der Waals surface area contributed by atoms with E-state index >= 15 is 0 Å². The second kappa shape index (κ2) is 7.13. The van der Waals surface area contributed by atoms with Gasteiger partial charge in [0.05, 0.1) is 23.0 Å². The fourth-order valence-electron chi connectivity index (χ4n) is 3.29. The van der Waals surface area contributed by atoms with Crippen molar-refractivity contribution < 1.29 is 9.47 Å². The van der Waals surface area contributed by atoms with Crippen LogP contribution < -0.4 is 9.47 Å². The summed E-state index contributed by atoms with van der Waals surface area (Å²) in [5.74, 6) is 2.18. The summed E-state index contributed by atoms with van der Waals surface area (Å²) in [7, 11) is 0. The highest BCUT2D eigenvalue weighted by molar-refractivity contribution is 5.67. The Morgan fingerprint density at radius 1 is 0.897 bits per heavy atom. The van der Waals surface area contributed by atoms with E-state index in [4.69, 9.17) is 19.7 Å². The number of hydrogen-bond donors (Lipinski definition) is 0. The largest absolute Gasteiger partial charge is 0.486 e. The van der Waals surface area contributed by atoms with E-state index in [0.717, 1.165) is 34.2 Å². The zero-order chi connectivity index (χ0) is 19.6. The summed E-state index contributed by atoms with van der Waals surface area (Å²) in [5.41, 5.74) is 4.01. The predicted octanol–water partition coefficient (Wildman–Crippen LogP) is 4.24. The third kappa shape index (κ3) is 3.19. The average molecular weight is 380 g/mol. The molecule has 6 heteroatoms. The van der Waals surface area contributed by atoms with Crippen LogP contribution in [0.15, 0.2) is 73.1 Å². The van der Waals surface area contributed by atoms with Crippen LogP contribution in [-0.2, 0) is 0 Å². The van der Waals surface area contributed by atoms with Crippen LogP contribution in [0.3, 0.4) is 0 Å². The van der Waals surface area contributed by atoms with E-state index in [1.165, 1.54) is 0 Å². The smallest absolute Gasteiger partial charge is 0.163 e. The topological polar surface area (TPSA) is 73.0 Å². The van der Waals surface area contributed by atoms with E-state index in [0.29, 0.717) is 24.5 Å². The van der Waals surface area contributed by atoms with Gasteiger partial charge in [-0.05, 0) is 36.4 Å². The molecule has 0 saturated heterocycles. The van der Waals surface area contributed by atoms with Gasteiger partial charge in [0.15, 0.2) is 17.3 Å². The Balaban J connectivity index is 1.65. The lowest BCUT2D eigenvalue weighted by Gasteiger charge is -2.19. The molecule has 29 heavy (non-hydrogen) atoms. The number of pyridine rings is 1. The molecule has 0 atom stereocenters. The molecule has 0 bridgehead atoms. The van der Waals surface area contributed by atoms with Gasteiger partial charge in [-0.3, -0.25) is 9.55 Å². The summed E-state index contributed by atoms with van der Waals surface area (Å²) in [6, 6.07) is 21.1. The van der Waals surface area contributed by atoms with Crippen LogP contribution in [-0.4, -0.2) is 27.7 Å². The monoisotopic (exact) mass is 380 g/mol. The minimum Gasteiger partial charge on any atom is -0.486 e. The lowest BCUT2D eigenvalue weighted by molar-refractivity contribution is 0.171. The van der Waals surface area contributed by atoms with Crippen molar-refractivity contribution in [1.82, 2.24) is 14.5 Å². The molecule has 0 amide bonds. The Kier molecular flexibility index (Phi) is 4.19. The van der Waals surface area contributed by atoms with Crippen molar-refractivity contribution in [3.63, 3.8) is 0 Å². The van der Waals surface area contributed by atoms with Crippen LogP contribution in [0.4, 0.5) is 0 Å². The van der Waals surface area contributed by atoms with Gasteiger partial charge < -0.3 is 9.47 Å². The highest BCUT2D eigenvalue weighted by Crippen LogP contribution is 2.34. The predicted molar refractivity (Wildman–Crippen MR) is 108 cm³/mol. The Hall–Kier alpha value is -4.11. The fourth-order valence-corrected chi connectivity index (χ4v) is 3.29. The maximum Gasteiger partial charge on any atom is 0.163 e. The molecule has 2 aromatic heterocycles. The molecule has 0 spiro atoms. The van der Waals surface area contributed by atoms with Crippen LogP contribution in [0.5, 0.6) is 11.5 Å². The first-order chi connectivity index (χ1) is 14.3. The van der Waals surface area contributed by atoms with Gasteiger partial charge in [-0.25, -0.2) is 4.98 Å². The van der Waals surface area contributed by atoms with Crippen molar-refractivity contribution in [2.75, 3.05) is 13.2 Å². The zero-order valence-corrected chi connectivity index (χ0v) is 15.4. The van der Waals surface area contributed by atoms with Crippen molar-refractivity contribution in [2.24, 2.45) is 0 Å². The number of nitrogens with zero attached hydrogens (tertiary/aromatic N) is 4. The Morgan fingerprint density at radius 3 is 2.48 bits per heavy atom. The number of benzene rings is 2. The van der Waals surface area contributed by atoms with Gasteiger partial charge >= 0.3 is 0 Å². The van der Waals surface area contributed by atoms with Crippen molar-refractivity contribution in [2.45, 2.75) is 0 Å². The second-order valence-electron chi connectivity index (χ2n) is 6.55. The van der Waals surface area contributed by atoms with Crippen molar-refractivity contribution in [3.05, 3.63) is 78.6 Å². The first-order valence-electron chi connectivity index (χ1n) is 9.23. The molecule has 1 aliphatic rings. The van der Waals surface area contributed by atoms with Gasteiger partial charge in [-0.15, -0.1) is 0 Å². The quantitative estimate of drug-likeness (QED) is 0.531. The molecule has 2 aromatic carbocycles. The fraction of sp³-hybridized carbons (Fsp3) is 0.0870. The summed E-state index contributed by atoms with van der Waals surface area (Å²) in [6.07, 6.45) is 3.72. The number of fused-ring (bicyclic) bond motifs is 1. The molecule has 140 valence electrons. The highest BCUT2D eigenvalue weighted by atomic mass is 16.6. The minimum absolute atomic E-state index is 0.532. The van der Waals surface area contributed by atoms with E-state index in [9.17, 15) is 0 Å². The number of hydrogen-bond acceptors (Lipinski definition) is 5. The van der Waals surface area contributed by atoms with Gasteiger partial charge in [-0.1, -0.05) is 18.2 Å². The normalized spacial score (nSPS) is 12.4. The van der Waals surface area contributed by atoms with E-state index in [2.05, 4.69) is 11.1 Å². The maximum atomic E-state index is 9.04. The Morgan fingerprint density at radius 2 is 1.72 bits per heavy atom. The van der Waals surface area contributed by atoms with E-state index in [-0.39, 0.29) is 0 Å². The Bertz CT molecular complexity index is 1210. The molecule has 6 nitrogen and oxygen atoms in total. The highest BCUT2D eigenvalue weighted by Gasteiger charge is 2.17. The van der Waals surface area contributed by atoms with Crippen LogP contribution in [0.25, 0.3) is 28.5 Å². The lowest BCUT2D eigenvalue weighted by Crippen LogP contribution is -2.15. The summed E-state index contributed by atoms with van der Waals surface area (Å²) in [4.78, 5) is 9.31. The second-order valence-corrected chi connectivity index (χ2v) is 6.55.